The lowest BCUT2D eigenvalue weighted by molar-refractivity contribution is -0.137. The van der Waals surface area contributed by atoms with Gasteiger partial charge in [-0.3, -0.25) is 0 Å². The number of esters is 1. The van der Waals surface area contributed by atoms with E-state index in [0.29, 0.717) is 16.5 Å². The fraction of sp³-hybridized carbons (Fsp3) is 0.150. The summed E-state index contributed by atoms with van der Waals surface area (Å²) in [6, 6.07) is 15.5. The predicted molar refractivity (Wildman–Crippen MR) is 109 cm³/mol. The standard InChI is InChI=1S/C20H18BrNO4S/c1-2-26-20(23)13-12-19-17(14-21)16-10-6-7-11-18(16)22(19)27(24,25)15-8-4-3-5-9-15/h3-13H,2,14H2,1H3/b13-12+. The van der Waals surface area contributed by atoms with Crippen molar-refractivity contribution in [2.45, 2.75) is 17.1 Å². The van der Waals surface area contributed by atoms with E-state index in [-0.39, 0.29) is 11.5 Å². The van der Waals surface area contributed by atoms with E-state index in [2.05, 4.69) is 15.9 Å². The molecule has 0 bridgehead atoms. The monoisotopic (exact) mass is 447 g/mol. The number of alkyl halides is 1. The minimum Gasteiger partial charge on any atom is -0.463 e. The number of ether oxygens (including phenoxy) is 1. The minimum absolute atomic E-state index is 0.178. The van der Waals surface area contributed by atoms with Crippen LogP contribution in [0, 0.1) is 0 Å². The minimum atomic E-state index is -3.85. The van der Waals surface area contributed by atoms with Gasteiger partial charge in [0.05, 0.1) is 22.7 Å². The number of hydrogen-bond donors (Lipinski definition) is 0. The zero-order chi connectivity index (χ0) is 19.4. The van der Waals surface area contributed by atoms with Crippen molar-refractivity contribution in [1.29, 1.82) is 0 Å². The number of hydrogen-bond acceptors (Lipinski definition) is 4. The molecule has 1 heterocycles. The van der Waals surface area contributed by atoms with Gasteiger partial charge in [0.25, 0.3) is 10.0 Å². The summed E-state index contributed by atoms with van der Waals surface area (Å²) >= 11 is 3.45. The van der Waals surface area contributed by atoms with E-state index in [9.17, 15) is 13.2 Å². The molecule has 1 aromatic heterocycles. The van der Waals surface area contributed by atoms with Crippen molar-refractivity contribution >= 4 is 48.9 Å². The number of halogens is 1. The maximum Gasteiger partial charge on any atom is 0.330 e. The predicted octanol–water partition coefficient (Wildman–Crippen LogP) is 4.35. The lowest BCUT2D eigenvalue weighted by Crippen LogP contribution is -2.14. The number of rotatable bonds is 6. The van der Waals surface area contributed by atoms with E-state index < -0.39 is 16.0 Å². The second-order valence-electron chi connectivity index (χ2n) is 5.68. The van der Waals surface area contributed by atoms with Gasteiger partial charge in [0.2, 0.25) is 0 Å². The van der Waals surface area contributed by atoms with Crippen molar-refractivity contribution in [2.24, 2.45) is 0 Å². The molecule has 7 heteroatoms. The Morgan fingerprint density at radius 2 is 1.78 bits per heavy atom. The third-order valence-corrected chi connectivity index (χ3v) is 6.36. The maximum absolute atomic E-state index is 13.4. The molecule has 0 radical (unpaired) electrons. The van der Waals surface area contributed by atoms with Crippen LogP contribution in [0.4, 0.5) is 0 Å². The number of fused-ring (bicyclic) bond motifs is 1. The summed E-state index contributed by atoms with van der Waals surface area (Å²) < 4.78 is 32.9. The largest absolute Gasteiger partial charge is 0.463 e. The molecule has 0 saturated carbocycles. The van der Waals surface area contributed by atoms with Crippen LogP contribution in [-0.2, 0) is 24.9 Å². The quantitative estimate of drug-likeness (QED) is 0.320. The van der Waals surface area contributed by atoms with Crippen molar-refractivity contribution in [3.05, 3.63) is 71.9 Å². The molecule has 140 valence electrons. The Balaban J connectivity index is 2.31. The fourth-order valence-corrected chi connectivity index (χ4v) is 5.05. The average Bonchev–Trinajstić information content (AvgIpc) is 3.01. The molecule has 3 rings (SSSR count). The van der Waals surface area contributed by atoms with Crippen LogP contribution < -0.4 is 0 Å². The topological polar surface area (TPSA) is 65.4 Å². The molecule has 3 aromatic rings. The lowest BCUT2D eigenvalue weighted by Gasteiger charge is -2.10. The van der Waals surface area contributed by atoms with Gasteiger partial charge in [-0.2, -0.15) is 0 Å². The van der Waals surface area contributed by atoms with Gasteiger partial charge in [-0.15, -0.1) is 0 Å². The number of para-hydroxylation sites is 1. The van der Waals surface area contributed by atoms with Gasteiger partial charge < -0.3 is 4.74 Å². The first kappa shape index (κ1) is 19.4. The molecule has 0 atom stereocenters. The first-order valence-electron chi connectivity index (χ1n) is 8.34. The summed E-state index contributed by atoms with van der Waals surface area (Å²) in [6.07, 6.45) is 2.75. The molecule has 0 fully saturated rings. The van der Waals surface area contributed by atoms with Gasteiger partial charge in [0.15, 0.2) is 0 Å². The number of carbonyl (C=O) groups is 1. The Hall–Kier alpha value is -2.38. The molecular formula is C20H18BrNO4S. The molecule has 0 spiro atoms. The van der Waals surface area contributed by atoms with Crippen LogP contribution in [-0.4, -0.2) is 25.0 Å². The van der Waals surface area contributed by atoms with Crippen LogP contribution in [0.2, 0.25) is 0 Å². The van der Waals surface area contributed by atoms with Gasteiger partial charge in [-0.05, 0) is 36.8 Å². The highest BCUT2D eigenvalue weighted by atomic mass is 79.9. The number of nitrogens with zero attached hydrogens (tertiary/aromatic N) is 1. The maximum atomic E-state index is 13.4. The normalized spacial score (nSPS) is 11.9. The Morgan fingerprint density at radius 1 is 1.11 bits per heavy atom. The van der Waals surface area contributed by atoms with Gasteiger partial charge in [-0.1, -0.05) is 52.3 Å². The summed E-state index contributed by atoms with van der Waals surface area (Å²) in [7, 11) is -3.85. The highest BCUT2D eigenvalue weighted by Crippen LogP contribution is 2.32. The van der Waals surface area contributed by atoms with Gasteiger partial charge in [0.1, 0.15) is 0 Å². The zero-order valence-electron chi connectivity index (χ0n) is 14.6. The van der Waals surface area contributed by atoms with E-state index in [1.807, 2.05) is 12.1 Å². The highest BCUT2D eigenvalue weighted by Gasteiger charge is 2.25. The van der Waals surface area contributed by atoms with Gasteiger partial charge >= 0.3 is 5.97 Å². The molecule has 0 N–H and O–H groups in total. The summed E-state index contributed by atoms with van der Waals surface area (Å²) in [5.74, 6) is -0.521. The molecule has 0 amide bonds. The second kappa shape index (κ2) is 8.10. The lowest BCUT2D eigenvalue weighted by atomic mass is 10.1. The van der Waals surface area contributed by atoms with E-state index in [4.69, 9.17) is 4.74 Å². The van der Waals surface area contributed by atoms with Crippen LogP contribution in [0.5, 0.6) is 0 Å². The molecule has 27 heavy (non-hydrogen) atoms. The number of benzene rings is 2. The van der Waals surface area contributed by atoms with Crippen molar-refractivity contribution in [3.8, 4) is 0 Å². The molecular weight excluding hydrogens is 430 g/mol. The number of aromatic nitrogens is 1. The molecule has 0 saturated heterocycles. The molecule has 2 aromatic carbocycles. The van der Waals surface area contributed by atoms with E-state index >= 15 is 0 Å². The van der Waals surface area contributed by atoms with E-state index in [1.165, 1.54) is 16.1 Å². The number of carbonyl (C=O) groups excluding carboxylic acids is 1. The van der Waals surface area contributed by atoms with Crippen molar-refractivity contribution in [1.82, 2.24) is 3.97 Å². The Morgan fingerprint density at radius 3 is 2.44 bits per heavy atom. The van der Waals surface area contributed by atoms with Crippen LogP contribution in [0.25, 0.3) is 17.0 Å². The zero-order valence-corrected chi connectivity index (χ0v) is 17.0. The fourth-order valence-electron chi connectivity index (χ4n) is 2.90. The summed E-state index contributed by atoms with van der Waals surface area (Å²) in [6.45, 7) is 1.96. The van der Waals surface area contributed by atoms with Crippen LogP contribution in [0.1, 0.15) is 18.2 Å². The van der Waals surface area contributed by atoms with Crippen LogP contribution >= 0.6 is 15.9 Å². The van der Waals surface area contributed by atoms with Crippen LogP contribution in [0.3, 0.4) is 0 Å². The Bertz CT molecular complexity index is 1100. The van der Waals surface area contributed by atoms with Crippen molar-refractivity contribution in [3.63, 3.8) is 0 Å². The summed E-state index contributed by atoms with van der Waals surface area (Å²) in [5, 5.41) is 1.24. The van der Waals surface area contributed by atoms with Gasteiger partial charge in [-0.25, -0.2) is 17.2 Å². The molecule has 0 unspecified atom stereocenters. The summed E-state index contributed by atoms with van der Waals surface area (Å²) in [4.78, 5) is 12.0. The molecule has 5 nitrogen and oxygen atoms in total. The Labute approximate surface area is 166 Å². The van der Waals surface area contributed by atoms with Crippen LogP contribution in [0.15, 0.2) is 65.6 Å². The van der Waals surface area contributed by atoms with E-state index in [1.54, 1.807) is 49.4 Å². The van der Waals surface area contributed by atoms with Gasteiger partial charge in [0, 0.05) is 16.8 Å². The molecule has 0 aliphatic rings. The highest BCUT2D eigenvalue weighted by molar-refractivity contribution is 9.08. The molecule has 0 aliphatic heterocycles. The average molecular weight is 448 g/mol. The van der Waals surface area contributed by atoms with E-state index in [0.717, 1.165) is 10.9 Å². The second-order valence-corrected chi connectivity index (χ2v) is 8.03. The van der Waals surface area contributed by atoms with Crippen molar-refractivity contribution < 1.29 is 17.9 Å². The third kappa shape index (κ3) is 3.70. The van der Waals surface area contributed by atoms with Crippen molar-refractivity contribution in [2.75, 3.05) is 6.61 Å². The summed E-state index contributed by atoms with van der Waals surface area (Å²) in [5.41, 5.74) is 1.76. The first-order valence-corrected chi connectivity index (χ1v) is 10.9. The SMILES string of the molecule is CCOC(=O)/C=C/c1c(CBr)c2ccccc2n1S(=O)(=O)c1ccccc1. The third-order valence-electron chi connectivity index (χ3n) is 4.05. The first-order chi connectivity index (χ1) is 13.0. The Kier molecular flexibility index (Phi) is 5.82. The molecule has 0 aliphatic carbocycles. The smallest absolute Gasteiger partial charge is 0.330 e.